The lowest BCUT2D eigenvalue weighted by molar-refractivity contribution is -0.137. The molecule has 2 nitrogen and oxygen atoms in total. The van der Waals surface area contributed by atoms with Gasteiger partial charge in [0.2, 0.25) is 0 Å². The molecule has 5 heteroatoms. The second-order valence-electron chi connectivity index (χ2n) is 5.20. The summed E-state index contributed by atoms with van der Waals surface area (Å²) in [6.45, 7) is 2.73. The van der Waals surface area contributed by atoms with Crippen molar-refractivity contribution in [2.45, 2.75) is 25.7 Å². The topological polar surface area (TPSA) is 32.3 Å². The summed E-state index contributed by atoms with van der Waals surface area (Å²) in [6.07, 6.45) is -5.38. The predicted molar refractivity (Wildman–Crippen MR) is 79.3 cm³/mol. The molecule has 118 valence electrons. The van der Waals surface area contributed by atoms with Gasteiger partial charge in [-0.05, 0) is 35.7 Å². The Bertz CT molecular complexity index is 625. The summed E-state index contributed by atoms with van der Waals surface area (Å²) >= 11 is 0. The van der Waals surface area contributed by atoms with E-state index < -0.39 is 17.8 Å². The van der Waals surface area contributed by atoms with Gasteiger partial charge in [0.05, 0.1) is 11.7 Å². The third-order valence-corrected chi connectivity index (χ3v) is 3.51. The van der Waals surface area contributed by atoms with Crippen molar-refractivity contribution in [2.75, 3.05) is 6.54 Å². The van der Waals surface area contributed by atoms with Gasteiger partial charge in [-0.15, -0.1) is 0 Å². The van der Waals surface area contributed by atoms with Crippen molar-refractivity contribution < 1.29 is 18.3 Å². The van der Waals surface area contributed by atoms with Gasteiger partial charge in [0, 0.05) is 13.1 Å². The zero-order valence-corrected chi connectivity index (χ0v) is 12.2. The Morgan fingerprint density at radius 1 is 1.09 bits per heavy atom. The summed E-state index contributed by atoms with van der Waals surface area (Å²) in [6, 6.07) is 12.6. The first-order chi connectivity index (χ1) is 10.4. The van der Waals surface area contributed by atoms with Crippen LogP contribution in [0.2, 0.25) is 0 Å². The Balaban J connectivity index is 1.95. The molecule has 1 unspecified atom stereocenters. The van der Waals surface area contributed by atoms with Crippen LogP contribution in [0.15, 0.2) is 48.5 Å². The first kappa shape index (κ1) is 16.5. The minimum atomic E-state index is -4.40. The standard InChI is InChI=1S/C17H18F3NO/c1-12-5-2-3-6-14(12)10-21-11-16(22)13-7-4-8-15(9-13)17(18,19)20/h2-9,16,21-22H,10-11H2,1H3. The molecular weight excluding hydrogens is 291 g/mol. The lowest BCUT2D eigenvalue weighted by Crippen LogP contribution is -2.21. The molecule has 0 aromatic heterocycles. The largest absolute Gasteiger partial charge is 0.416 e. The Morgan fingerprint density at radius 2 is 1.82 bits per heavy atom. The van der Waals surface area contributed by atoms with E-state index in [0.29, 0.717) is 6.54 Å². The number of rotatable bonds is 5. The van der Waals surface area contributed by atoms with Crippen LogP contribution in [0.25, 0.3) is 0 Å². The maximum absolute atomic E-state index is 12.7. The second-order valence-corrected chi connectivity index (χ2v) is 5.20. The van der Waals surface area contributed by atoms with Gasteiger partial charge in [-0.1, -0.05) is 36.4 Å². The van der Waals surface area contributed by atoms with Gasteiger partial charge >= 0.3 is 6.18 Å². The van der Waals surface area contributed by atoms with Gasteiger partial charge in [-0.2, -0.15) is 13.2 Å². The average molecular weight is 309 g/mol. The third kappa shape index (κ3) is 4.32. The zero-order chi connectivity index (χ0) is 16.2. The maximum Gasteiger partial charge on any atom is 0.416 e. The Kier molecular flexibility index (Phi) is 5.21. The molecule has 2 rings (SSSR count). The van der Waals surface area contributed by atoms with E-state index in [4.69, 9.17) is 0 Å². The van der Waals surface area contributed by atoms with E-state index in [1.54, 1.807) is 0 Å². The van der Waals surface area contributed by atoms with E-state index in [2.05, 4.69) is 5.32 Å². The minimum Gasteiger partial charge on any atom is -0.387 e. The molecule has 0 amide bonds. The number of alkyl halides is 3. The Morgan fingerprint density at radius 3 is 2.50 bits per heavy atom. The fourth-order valence-electron chi connectivity index (χ4n) is 2.19. The van der Waals surface area contributed by atoms with Gasteiger partial charge in [0.25, 0.3) is 0 Å². The summed E-state index contributed by atoms with van der Waals surface area (Å²) in [7, 11) is 0. The normalized spacial score (nSPS) is 13.1. The summed E-state index contributed by atoms with van der Waals surface area (Å²) in [5, 5.41) is 13.1. The molecule has 1 atom stereocenters. The van der Waals surface area contributed by atoms with Crippen LogP contribution in [-0.2, 0) is 12.7 Å². The van der Waals surface area contributed by atoms with Crippen molar-refractivity contribution in [3.63, 3.8) is 0 Å². The maximum atomic E-state index is 12.7. The molecule has 0 bridgehead atoms. The summed E-state index contributed by atoms with van der Waals surface area (Å²) in [4.78, 5) is 0. The molecule has 2 N–H and O–H groups in total. The van der Waals surface area contributed by atoms with Crippen LogP contribution in [-0.4, -0.2) is 11.7 Å². The van der Waals surface area contributed by atoms with Crippen LogP contribution in [0.4, 0.5) is 13.2 Å². The molecule has 2 aromatic rings. The fourth-order valence-corrected chi connectivity index (χ4v) is 2.19. The number of aliphatic hydroxyl groups is 1. The van der Waals surface area contributed by atoms with Crippen molar-refractivity contribution in [3.8, 4) is 0 Å². The van der Waals surface area contributed by atoms with E-state index in [1.165, 1.54) is 12.1 Å². The van der Waals surface area contributed by atoms with Gasteiger partial charge < -0.3 is 10.4 Å². The van der Waals surface area contributed by atoms with Gasteiger partial charge in [-0.25, -0.2) is 0 Å². The SMILES string of the molecule is Cc1ccccc1CNCC(O)c1cccc(C(F)(F)F)c1. The Labute approximate surface area is 127 Å². The van der Waals surface area contributed by atoms with Crippen molar-refractivity contribution >= 4 is 0 Å². The number of benzene rings is 2. The highest BCUT2D eigenvalue weighted by Crippen LogP contribution is 2.30. The number of hydrogen-bond acceptors (Lipinski definition) is 2. The van der Waals surface area contributed by atoms with Crippen LogP contribution in [0.3, 0.4) is 0 Å². The van der Waals surface area contributed by atoms with E-state index in [0.717, 1.165) is 23.3 Å². The Hall–Kier alpha value is -1.85. The first-order valence-electron chi connectivity index (χ1n) is 6.98. The second kappa shape index (κ2) is 6.94. The fraction of sp³-hybridized carbons (Fsp3) is 0.294. The lowest BCUT2D eigenvalue weighted by Gasteiger charge is -2.15. The van der Waals surface area contributed by atoms with E-state index in [1.807, 2.05) is 31.2 Å². The molecule has 22 heavy (non-hydrogen) atoms. The number of aryl methyl sites for hydroxylation is 1. The minimum absolute atomic E-state index is 0.190. The first-order valence-corrected chi connectivity index (χ1v) is 6.98. The van der Waals surface area contributed by atoms with E-state index in [9.17, 15) is 18.3 Å². The van der Waals surface area contributed by atoms with Crippen molar-refractivity contribution in [2.24, 2.45) is 0 Å². The van der Waals surface area contributed by atoms with Crippen molar-refractivity contribution in [1.29, 1.82) is 0 Å². The smallest absolute Gasteiger partial charge is 0.387 e. The third-order valence-electron chi connectivity index (χ3n) is 3.51. The molecule has 0 saturated heterocycles. The zero-order valence-electron chi connectivity index (χ0n) is 12.2. The monoisotopic (exact) mass is 309 g/mol. The lowest BCUT2D eigenvalue weighted by atomic mass is 10.1. The van der Waals surface area contributed by atoms with Crippen molar-refractivity contribution in [1.82, 2.24) is 5.32 Å². The van der Waals surface area contributed by atoms with Gasteiger partial charge in [0.15, 0.2) is 0 Å². The molecule has 0 aliphatic carbocycles. The van der Waals surface area contributed by atoms with Crippen LogP contribution >= 0.6 is 0 Å². The highest BCUT2D eigenvalue weighted by molar-refractivity contribution is 5.28. The number of halogens is 3. The molecule has 2 aromatic carbocycles. The number of nitrogens with one attached hydrogen (secondary N) is 1. The quantitative estimate of drug-likeness (QED) is 0.879. The summed E-state index contributed by atoms with van der Waals surface area (Å²) < 4.78 is 38.0. The van der Waals surface area contributed by atoms with Gasteiger partial charge in [0.1, 0.15) is 0 Å². The molecular formula is C17H18F3NO. The average Bonchev–Trinajstić information content (AvgIpc) is 2.48. The van der Waals surface area contributed by atoms with E-state index >= 15 is 0 Å². The molecule has 0 fully saturated rings. The van der Waals surface area contributed by atoms with E-state index in [-0.39, 0.29) is 12.1 Å². The predicted octanol–water partition coefficient (Wildman–Crippen LogP) is 3.84. The molecule has 0 heterocycles. The number of hydrogen-bond donors (Lipinski definition) is 2. The molecule has 0 radical (unpaired) electrons. The molecule has 0 spiro atoms. The molecule has 0 aliphatic heterocycles. The van der Waals surface area contributed by atoms with Crippen LogP contribution in [0, 0.1) is 6.92 Å². The molecule has 0 aliphatic rings. The highest BCUT2D eigenvalue weighted by Gasteiger charge is 2.30. The number of aliphatic hydroxyl groups excluding tert-OH is 1. The highest BCUT2D eigenvalue weighted by atomic mass is 19.4. The molecule has 0 saturated carbocycles. The van der Waals surface area contributed by atoms with Crippen molar-refractivity contribution in [3.05, 3.63) is 70.8 Å². The summed E-state index contributed by atoms with van der Waals surface area (Å²) in [5.74, 6) is 0. The van der Waals surface area contributed by atoms with Crippen LogP contribution in [0.5, 0.6) is 0 Å². The van der Waals surface area contributed by atoms with Crippen LogP contribution < -0.4 is 5.32 Å². The van der Waals surface area contributed by atoms with Crippen LogP contribution in [0.1, 0.15) is 28.4 Å². The van der Waals surface area contributed by atoms with Gasteiger partial charge in [-0.3, -0.25) is 0 Å². The summed E-state index contributed by atoms with van der Waals surface area (Å²) in [5.41, 5.74) is 1.73.